The third-order valence-electron chi connectivity index (χ3n) is 3.14. The van der Waals surface area contributed by atoms with Crippen molar-refractivity contribution < 1.29 is 13.9 Å². The number of alkyl halides is 1. The summed E-state index contributed by atoms with van der Waals surface area (Å²) in [5.41, 5.74) is 0.785. The van der Waals surface area contributed by atoms with Gasteiger partial charge in [-0.2, -0.15) is 0 Å². The minimum Gasteiger partial charge on any atom is -0.494 e. The second kappa shape index (κ2) is 5.23. The second-order valence-electron chi connectivity index (χ2n) is 4.44. The summed E-state index contributed by atoms with van der Waals surface area (Å²) >= 11 is 6.36. The topological polar surface area (TPSA) is 18.5 Å². The molecular weight excluding hydrogens is 243 g/mol. The Balaban J connectivity index is 2.14. The standard InChI is InChI=1S/C13H16ClFO2/c1-8-5-10(7-17-8)13(14)9-3-4-12(16-2)11(15)6-9/h3-4,6,8,10,13H,5,7H2,1-2H3. The van der Waals surface area contributed by atoms with E-state index in [0.29, 0.717) is 6.61 Å². The molecule has 1 aromatic rings. The van der Waals surface area contributed by atoms with Crippen LogP contribution in [0.15, 0.2) is 18.2 Å². The van der Waals surface area contributed by atoms with Gasteiger partial charge in [-0.05, 0) is 31.0 Å². The molecule has 0 bridgehead atoms. The van der Waals surface area contributed by atoms with Gasteiger partial charge in [0.2, 0.25) is 0 Å². The summed E-state index contributed by atoms with van der Waals surface area (Å²) in [6.45, 7) is 2.67. The zero-order chi connectivity index (χ0) is 12.4. The molecule has 3 unspecified atom stereocenters. The normalized spacial score (nSPS) is 25.9. The molecule has 0 spiro atoms. The summed E-state index contributed by atoms with van der Waals surface area (Å²) in [5, 5.41) is -0.208. The Morgan fingerprint density at radius 3 is 2.82 bits per heavy atom. The van der Waals surface area contributed by atoms with Crippen molar-refractivity contribution in [2.24, 2.45) is 5.92 Å². The Morgan fingerprint density at radius 2 is 2.29 bits per heavy atom. The Morgan fingerprint density at radius 1 is 1.53 bits per heavy atom. The Hall–Kier alpha value is -0.800. The molecule has 1 saturated heterocycles. The van der Waals surface area contributed by atoms with Crippen molar-refractivity contribution in [2.75, 3.05) is 13.7 Å². The highest BCUT2D eigenvalue weighted by Crippen LogP contribution is 2.37. The molecule has 1 heterocycles. The van der Waals surface area contributed by atoms with E-state index in [2.05, 4.69) is 0 Å². The van der Waals surface area contributed by atoms with Gasteiger partial charge in [0, 0.05) is 5.92 Å². The monoisotopic (exact) mass is 258 g/mol. The number of methoxy groups -OCH3 is 1. The van der Waals surface area contributed by atoms with Gasteiger partial charge in [-0.25, -0.2) is 4.39 Å². The number of benzene rings is 1. The molecule has 1 fully saturated rings. The predicted molar refractivity (Wildman–Crippen MR) is 65.1 cm³/mol. The Bertz CT molecular complexity index is 397. The van der Waals surface area contributed by atoms with Gasteiger partial charge < -0.3 is 9.47 Å². The van der Waals surface area contributed by atoms with Crippen molar-refractivity contribution in [3.63, 3.8) is 0 Å². The van der Waals surface area contributed by atoms with E-state index in [1.165, 1.54) is 13.2 Å². The molecule has 0 aliphatic carbocycles. The first-order valence-electron chi connectivity index (χ1n) is 5.71. The van der Waals surface area contributed by atoms with Crippen molar-refractivity contribution >= 4 is 11.6 Å². The molecular formula is C13H16ClFO2. The van der Waals surface area contributed by atoms with Gasteiger partial charge in [-0.15, -0.1) is 11.6 Å². The highest BCUT2D eigenvalue weighted by molar-refractivity contribution is 6.21. The van der Waals surface area contributed by atoms with Crippen molar-refractivity contribution in [1.82, 2.24) is 0 Å². The fourth-order valence-corrected chi connectivity index (χ4v) is 2.49. The molecule has 4 heteroatoms. The molecule has 1 aliphatic rings. The second-order valence-corrected chi connectivity index (χ2v) is 4.91. The molecule has 94 valence electrons. The lowest BCUT2D eigenvalue weighted by atomic mass is 9.96. The molecule has 0 amide bonds. The summed E-state index contributed by atoms with van der Waals surface area (Å²) in [5.74, 6) is 0.121. The first-order chi connectivity index (χ1) is 8.11. The van der Waals surface area contributed by atoms with E-state index in [0.717, 1.165) is 12.0 Å². The van der Waals surface area contributed by atoms with E-state index < -0.39 is 0 Å². The number of halogens is 2. The lowest BCUT2D eigenvalue weighted by Crippen LogP contribution is -2.08. The number of ether oxygens (including phenoxy) is 2. The van der Waals surface area contributed by atoms with Crippen LogP contribution in [0.2, 0.25) is 0 Å². The fourth-order valence-electron chi connectivity index (χ4n) is 2.18. The van der Waals surface area contributed by atoms with Gasteiger partial charge in [0.25, 0.3) is 0 Å². The summed E-state index contributed by atoms with van der Waals surface area (Å²) in [7, 11) is 1.45. The smallest absolute Gasteiger partial charge is 0.165 e. The van der Waals surface area contributed by atoms with E-state index in [1.54, 1.807) is 6.07 Å². The number of hydrogen-bond acceptors (Lipinski definition) is 2. The fraction of sp³-hybridized carbons (Fsp3) is 0.538. The summed E-state index contributed by atoms with van der Waals surface area (Å²) < 4.78 is 23.9. The van der Waals surface area contributed by atoms with E-state index in [4.69, 9.17) is 21.1 Å². The van der Waals surface area contributed by atoms with Crippen LogP contribution in [0.4, 0.5) is 4.39 Å². The maximum absolute atomic E-state index is 13.6. The van der Waals surface area contributed by atoms with Gasteiger partial charge in [-0.3, -0.25) is 0 Å². The third-order valence-corrected chi connectivity index (χ3v) is 3.75. The van der Waals surface area contributed by atoms with Gasteiger partial charge in [-0.1, -0.05) is 6.07 Å². The van der Waals surface area contributed by atoms with Crippen molar-refractivity contribution in [2.45, 2.75) is 24.8 Å². The van der Waals surface area contributed by atoms with Gasteiger partial charge in [0.05, 0.1) is 25.2 Å². The van der Waals surface area contributed by atoms with Crippen molar-refractivity contribution in [3.05, 3.63) is 29.6 Å². The van der Waals surface area contributed by atoms with Crippen LogP contribution in [0, 0.1) is 11.7 Å². The molecule has 1 aliphatic heterocycles. The Labute approximate surface area is 106 Å². The summed E-state index contributed by atoms with van der Waals surface area (Å²) in [6, 6.07) is 4.86. The first kappa shape index (κ1) is 12.7. The molecule has 0 saturated carbocycles. The van der Waals surface area contributed by atoms with E-state index in [-0.39, 0.29) is 29.0 Å². The van der Waals surface area contributed by atoms with Crippen LogP contribution in [0.1, 0.15) is 24.3 Å². The van der Waals surface area contributed by atoms with Gasteiger partial charge in [0.1, 0.15) is 0 Å². The largest absolute Gasteiger partial charge is 0.494 e. The average molecular weight is 259 g/mol. The van der Waals surface area contributed by atoms with Crippen molar-refractivity contribution in [3.8, 4) is 5.75 Å². The molecule has 2 rings (SSSR count). The Kier molecular flexibility index (Phi) is 3.89. The summed E-state index contributed by atoms with van der Waals surface area (Å²) in [6.07, 6.45) is 1.16. The minimum absolute atomic E-state index is 0.208. The van der Waals surface area contributed by atoms with Crippen LogP contribution in [-0.4, -0.2) is 19.8 Å². The molecule has 3 atom stereocenters. The maximum atomic E-state index is 13.6. The number of hydrogen-bond donors (Lipinski definition) is 0. The van der Waals surface area contributed by atoms with E-state index >= 15 is 0 Å². The minimum atomic E-state index is -0.373. The maximum Gasteiger partial charge on any atom is 0.165 e. The van der Waals surface area contributed by atoms with E-state index in [1.807, 2.05) is 13.0 Å². The van der Waals surface area contributed by atoms with Crippen LogP contribution in [0.25, 0.3) is 0 Å². The van der Waals surface area contributed by atoms with Crippen molar-refractivity contribution in [1.29, 1.82) is 0 Å². The predicted octanol–water partition coefficient (Wildman–Crippen LogP) is 3.54. The van der Waals surface area contributed by atoms with Crippen LogP contribution in [0.3, 0.4) is 0 Å². The first-order valence-corrected chi connectivity index (χ1v) is 6.14. The summed E-state index contributed by atoms with van der Waals surface area (Å²) in [4.78, 5) is 0. The van der Waals surface area contributed by atoms with E-state index in [9.17, 15) is 4.39 Å². The molecule has 17 heavy (non-hydrogen) atoms. The average Bonchev–Trinajstić information content (AvgIpc) is 2.75. The zero-order valence-electron chi connectivity index (χ0n) is 9.95. The lowest BCUT2D eigenvalue weighted by molar-refractivity contribution is 0.120. The molecule has 0 aromatic heterocycles. The zero-order valence-corrected chi connectivity index (χ0v) is 10.7. The molecule has 2 nitrogen and oxygen atoms in total. The highest BCUT2D eigenvalue weighted by Gasteiger charge is 2.29. The van der Waals surface area contributed by atoms with Crippen LogP contribution < -0.4 is 4.74 Å². The SMILES string of the molecule is COc1ccc(C(Cl)C2COC(C)C2)cc1F. The van der Waals surface area contributed by atoms with Crippen LogP contribution >= 0.6 is 11.6 Å². The van der Waals surface area contributed by atoms with Gasteiger partial charge >= 0.3 is 0 Å². The lowest BCUT2D eigenvalue weighted by Gasteiger charge is -2.16. The molecule has 0 radical (unpaired) electrons. The van der Waals surface area contributed by atoms with Crippen LogP contribution in [0.5, 0.6) is 5.75 Å². The third kappa shape index (κ3) is 2.72. The quantitative estimate of drug-likeness (QED) is 0.772. The van der Waals surface area contributed by atoms with Gasteiger partial charge in [0.15, 0.2) is 11.6 Å². The highest BCUT2D eigenvalue weighted by atomic mass is 35.5. The number of rotatable bonds is 3. The molecule has 0 N–H and O–H groups in total. The molecule has 1 aromatic carbocycles. The van der Waals surface area contributed by atoms with Crippen LogP contribution in [-0.2, 0) is 4.74 Å².